The maximum Gasteiger partial charge on any atom is 0.331 e. The molecule has 1 aromatic rings. The SMILES string of the molecule is CC(=O)O[C@H]1C[C@@]2(C)[C@@H](C[C@@H](O)[C@@H]3[C@]2(N)CC[C@@]2(n4cc(CN)nn4)[C@H](C)[C@H](O)CC[C@]32C)/C1=C(/C(=O)O)C1CCCC(=C2CCCC2)C1. The number of nitrogens with two attached hydrogens (primary N) is 2. The first-order valence-electron chi connectivity index (χ1n) is 18.8. The molecule has 0 spiro atoms. The number of carbonyl (C=O) groups excluding carboxylic acids is 1. The number of aromatic nitrogens is 3. The van der Waals surface area contributed by atoms with Crippen LogP contribution in [-0.2, 0) is 26.4 Å². The maximum absolute atomic E-state index is 13.4. The minimum absolute atomic E-state index is 0.172. The number of rotatable bonds is 5. The summed E-state index contributed by atoms with van der Waals surface area (Å²) in [7, 11) is 0. The zero-order valence-corrected chi connectivity index (χ0v) is 29.8. The lowest BCUT2D eigenvalue weighted by Gasteiger charge is -2.71. The smallest absolute Gasteiger partial charge is 0.331 e. The van der Waals surface area contributed by atoms with E-state index in [1.54, 1.807) is 0 Å². The number of carboxylic acids is 1. The van der Waals surface area contributed by atoms with E-state index in [2.05, 4.69) is 31.1 Å². The van der Waals surface area contributed by atoms with E-state index in [-0.39, 0.29) is 24.3 Å². The Morgan fingerprint density at radius 3 is 2.39 bits per heavy atom. The molecule has 1 aromatic heterocycles. The number of esters is 1. The highest BCUT2D eigenvalue weighted by Gasteiger charge is 2.75. The van der Waals surface area contributed by atoms with Gasteiger partial charge in [0.15, 0.2) is 0 Å². The number of nitrogens with zero attached hydrogens (tertiary/aromatic N) is 3. The zero-order chi connectivity index (χ0) is 35.1. The molecule has 7 N–H and O–H groups in total. The first-order chi connectivity index (χ1) is 23.2. The first kappa shape index (κ1) is 34.8. The van der Waals surface area contributed by atoms with Crippen molar-refractivity contribution in [3.8, 4) is 0 Å². The standard InChI is InChI=1S/C38H57N5O6/c1-21-28(45)12-13-35(3)33-29(46)17-27-32(31(34(47)48)25-11-7-10-24(16-25)23-8-5-6-9-23)30(49-22(2)44)18-36(27,4)37(33,40)14-15-38(21,35)43-20-26(19-39)41-42-43/h20-21,25,27-30,33,45-46H,5-19,39-40H2,1-4H3,(H,47,48)/b32-31-/t21-,25?,27+,28-,29-,30+,33+,35-,36+,37-,38-/m1/s1. The normalized spacial score (nSPS) is 44.6. The number of hydrogen-bond donors (Lipinski definition) is 5. The van der Waals surface area contributed by atoms with Crippen molar-refractivity contribution in [2.45, 2.75) is 154 Å². The maximum atomic E-state index is 13.4. The Hall–Kier alpha value is -2.60. The van der Waals surface area contributed by atoms with Crippen LogP contribution in [0.3, 0.4) is 0 Å². The molecule has 6 saturated carbocycles. The van der Waals surface area contributed by atoms with Crippen molar-refractivity contribution in [3.05, 3.63) is 34.2 Å². The fraction of sp³-hybridized carbons (Fsp3) is 0.789. The summed E-state index contributed by atoms with van der Waals surface area (Å²) in [4.78, 5) is 26.1. The summed E-state index contributed by atoms with van der Waals surface area (Å²) in [6.07, 6.45) is 10.9. The Balaban J connectivity index is 1.35. The van der Waals surface area contributed by atoms with E-state index in [0.29, 0.717) is 55.4 Å². The summed E-state index contributed by atoms with van der Waals surface area (Å²) >= 11 is 0. The molecule has 7 rings (SSSR count). The molecule has 0 amide bonds. The van der Waals surface area contributed by atoms with Crippen LogP contribution in [0.5, 0.6) is 0 Å². The molecule has 0 aromatic carbocycles. The molecule has 6 aliphatic rings. The molecule has 11 heteroatoms. The van der Waals surface area contributed by atoms with Gasteiger partial charge in [-0.25, -0.2) is 9.48 Å². The fourth-order valence-electron chi connectivity index (χ4n) is 12.9. The van der Waals surface area contributed by atoms with E-state index >= 15 is 0 Å². The van der Waals surface area contributed by atoms with Gasteiger partial charge in [-0.2, -0.15) is 0 Å². The van der Waals surface area contributed by atoms with Crippen LogP contribution in [0.4, 0.5) is 0 Å². The molecule has 1 unspecified atom stereocenters. The Morgan fingerprint density at radius 2 is 1.73 bits per heavy atom. The Bertz CT molecular complexity index is 1560. The summed E-state index contributed by atoms with van der Waals surface area (Å²) in [6, 6.07) is 0. The number of aliphatic hydroxyl groups is 2. The average Bonchev–Trinajstić information content (AvgIpc) is 3.81. The van der Waals surface area contributed by atoms with Crippen LogP contribution in [0.25, 0.3) is 0 Å². The minimum atomic E-state index is -0.951. The summed E-state index contributed by atoms with van der Waals surface area (Å²) in [5.41, 5.74) is 15.6. The van der Waals surface area contributed by atoms with Gasteiger partial charge in [-0.05, 0) is 113 Å². The van der Waals surface area contributed by atoms with E-state index in [1.165, 1.54) is 30.9 Å². The minimum Gasteiger partial charge on any atom is -0.478 e. The molecule has 49 heavy (non-hydrogen) atoms. The molecule has 6 fully saturated rings. The van der Waals surface area contributed by atoms with Gasteiger partial charge in [0.25, 0.3) is 0 Å². The van der Waals surface area contributed by atoms with E-state index in [0.717, 1.165) is 38.5 Å². The highest BCUT2D eigenvalue weighted by Crippen LogP contribution is 2.72. The van der Waals surface area contributed by atoms with Crippen molar-refractivity contribution in [1.82, 2.24) is 15.0 Å². The molecule has 1 heterocycles. The van der Waals surface area contributed by atoms with E-state index in [1.807, 2.05) is 10.9 Å². The number of fused-ring (bicyclic) bond motifs is 5. The van der Waals surface area contributed by atoms with E-state index in [9.17, 15) is 24.9 Å². The number of allylic oxidation sites excluding steroid dienone is 2. The van der Waals surface area contributed by atoms with Gasteiger partial charge >= 0.3 is 11.9 Å². The zero-order valence-electron chi connectivity index (χ0n) is 29.8. The number of ether oxygens (including phenoxy) is 1. The quantitative estimate of drug-likeness (QED) is 0.169. The molecular weight excluding hydrogens is 622 g/mol. The van der Waals surface area contributed by atoms with Crippen LogP contribution in [0.2, 0.25) is 0 Å². The third kappa shape index (κ3) is 4.95. The number of hydrogen-bond acceptors (Lipinski definition) is 9. The lowest BCUT2D eigenvalue weighted by atomic mass is 9.36. The van der Waals surface area contributed by atoms with Crippen molar-refractivity contribution >= 4 is 11.9 Å². The first-order valence-corrected chi connectivity index (χ1v) is 18.8. The number of carboxylic acid groups (broad SMARTS) is 1. The van der Waals surface area contributed by atoms with Crippen molar-refractivity contribution in [2.24, 2.45) is 46.0 Å². The van der Waals surface area contributed by atoms with Gasteiger partial charge in [-0.1, -0.05) is 37.1 Å². The lowest BCUT2D eigenvalue weighted by molar-refractivity contribution is -0.237. The number of aliphatic hydroxyl groups excluding tert-OH is 2. The van der Waals surface area contributed by atoms with Gasteiger partial charge in [0.05, 0.1) is 29.6 Å². The summed E-state index contributed by atoms with van der Waals surface area (Å²) in [6.45, 7) is 8.07. The molecule has 11 atom stereocenters. The summed E-state index contributed by atoms with van der Waals surface area (Å²) in [5.74, 6) is -2.51. The predicted molar refractivity (Wildman–Crippen MR) is 183 cm³/mol. The highest BCUT2D eigenvalue weighted by molar-refractivity contribution is 5.89. The van der Waals surface area contributed by atoms with Crippen LogP contribution in [-0.4, -0.2) is 66.1 Å². The lowest BCUT2D eigenvalue weighted by Crippen LogP contribution is -2.78. The van der Waals surface area contributed by atoms with Crippen molar-refractivity contribution in [3.63, 3.8) is 0 Å². The van der Waals surface area contributed by atoms with E-state index < -0.39 is 58.1 Å². The second-order valence-corrected chi connectivity index (χ2v) is 17.1. The molecule has 0 radical (unpaired) electrons. The third-order valence-electron chi connectivity index (χ3n) is 15.1. The summed E-state index contributed by atoms with van der Waals surface area (Å²) < 4.78 is 7.99. The Labute approximate surface area is 289 Å². The van der Waals surface area contributed by atoms with Crippen LogP contribution in [0.1, 0.15) is 123 Å². The second kappa shape index (κ2) is 12.3. The van der Waals surface area contributed by atoms with Gasteiger partial charge in [0.1, 0.15) is 6.10 Å². The van der Waals surface area contributed by atoms with Crippen LogP contribution in [0.15, 0.2) is 28.5 Å². The van der Waals surface area contributed by atoms with Crippen LogP contribution in [0, 0.1) is 34.5 Å². The predicted octanol–water partition coefficient (Wildman–Crippen LogP) is 4.50. The number of aliphatic carboxylic acids is 1. The van der Waals surface area contributed by atoms with Crippen LogP contribution >= 0.6 is 0 Å². The average molecular weight is 680 g/mol. The second-order valence-electron chi connectivity index (χ2n) is 17.1. The molecule has 0 aliphatic heterocycles. The monoisotopic (exact) mass is 679 g/mol. The van der Waals surface area contributed by atoms with Crippen LogP contribution < -0.4 is 11.5 Å². The Kier molecular flexibility index (Phi) is 8.72. The van der Waals surface area contributed by atoms with Gasteiger partial charge in [-0.15, -0.1) is 5.10 Å². The molecule has 11 nitrogen and oxygen atoms in total. The van der Waals surface area contributed by atoms with Gasteiger partial charge in [-0.3, -0.25) is 4.79 Å². The molecular formula is C38H57N5O6. The van der Waals surface area contributed by atoms with E-state index in [4.69, 9.17) is 16.2 Å². The van der Waals surface area contributed by atoms with Gasteiger partial charge in [0, 0.05) is 41.8 Å². The molecule has 0 saturated heterocycles. The Morgan fingerprint density at radius 1 is 1.02 bits per heavy atom. The highest BCUT2D eigenvalue weighted by atomic mass is 16.5. The third-order valence-corrected chi connectivity index (χ3v) is 15.1. The van der Waals surface area contributed by atoms with Crippen molar-refractivity contribution < 1.29 is 29.6 Å². The fourth-order valence-corrected chi connectivity index (χ4v) is 12.9. The molecule has 270 valence electrons. The van der Waals surface area contributed by atoms with Gasteiger partial charge < -0.3 is 31.5 Å². The number of carbonyl (C=O) groups is 2. The molecule has 6 aliphatic carbocycles. The largest absolute Gasteiger partial charge is 0.478 e. The van der Waals surface area contributed by atoms with Gasteiger partial charge in [0.2, 0.25) is 0 Å². The summed E-state index contributed by atoms with van der Waals surface area (Å²) in [5, 5.41) is 43.8. The van der Waals surface area contributed by atoms with Crippen molar-refractivity contribution in [2.75, 3.05) is 0 Å². The molecule has 0 bridgehead atoms. The topological polar surface area (TPSA) is 187 Å². The van der Waals surface area contributed by atoms with Crippen molar-refractivity contribution in [1.29, 1.82) is 0 Å².